The van der Waals surface area contributed by atoms with Crippen LogP contribution in [-0.2, 0) is 24.2 Å². The van der Waals surface area contributed by atoms with Crippen LogP contribution in [-0.4, -0.2) is 41.6 Å². The minimum Gasteiger partial charge on any atom is -0.376 e. The number of amides is 1. The Hall–Kier alpha value is -1.99. The smallest absolute Gasteiger partial charge is 0.252 e. The molecule has 2 aromatic rings. The number of rotatable bonds is 4. The predicted molar refractivity (Wildman–Crippen MR) is 102 cm³/mol. The number of carbonyl (C=O) groups excluding carboxylic acids is 1. The Labute approximate surface area is 157 Å². The minimum atomic E-state index is 0.0244. The van der Waals surface area contributed by atoms with E-state index in [-0.39, 0.29) is 11.9 Å². The number of hydrogen-bond donors (Lipinski definition) is 1. The molecule has 1 fully saturated rings. The molecule has 1 saturated heterocycles. The molecule has 1 N–H and O–H groups in total. The van der Waals surface area contributed by atoms with Crippen molar-refractivity contribution in [3.8, 4) is 0 Å². The van der Waals surface area contributed by atoms with Gasteiger partial charge in [0.15, 0.2) is 0 Å². The third-order valence-electron chi connectivity index (χ3n) is 4.99. The van der Waals surface area contributed by atoms with Crippen molar-refractivity contribution in [3.05, 3.63) is 39.3 Å². The predicted octanol–water partition coefficient (Wildman–Crippen LogP) is 2.57. The average Bonchev–Trinajstić information content (AvgIpc) is 3.17. The highest BCUT2D eigenvalue weighted by Crippen LogP contribution is 2.21. The monoisotopic (exact) mass is 372 g/mol. The molecule has 26 heavy (non-hydrogen) atoms. The first-order chi connectivity index (χ1) is 12.7. The summed E-state index contributed by atoms with van der Waals surface area (Å²) in [5.41, 5.74) is 2.96. The fraction of sp³-hybridized carbons (Fsp3) is 0.526. The standard InChI is InChI=1S/C19H24N4O2S/c1-2-16-8-13(12-26-16)18(24)21-15-4-3-6-23(10-15)19-20-9-14-11-25-7-5-17(14)22-19/h8-9,12,15H,2-7,10-11H2,1H3,(H,21,24)/t15-/m1/s1. The lowest BCUT2D eigenvalue weighted by Crippen LogP contribution is -2.48. The van der Waals surface area contributed by atoms with Gasteiger partial charge in [0.05, 0.1) is 24.5 Å². The molecule has 0 unspecified atom stereocenters. The summed E-state index contributed by atoms with van der Waals surface area (Å²) in [5.74, 6) is 0.796. The maximum Gasteiger partial charge on any atom is 0.252 e. The lowest BCUT2D eigenvalue weighted by atomic mass is 10.1. The van der Waals surface area contributed by atoms with E-state index in [4.69, 9.17) is 9.72 Å². The Morgan fingerprint density at radius 2 is 2.42 bits per heavy atom. The topological polar surface area (TPSA) is 67.4 Å². The van der Waals surface area contributed by atoms with Gasteiger partial charge in [0.2, 0.25) is 5.95 Å². The summed E-state index contributed by atoms with van der Waals surface area (Å²) in [7, 11) is 0. The number of thiophene rings is 1. The maximum absolute atomic E-state index is 12.5. The van der Waals surface area contributed by atoms with Crippen LogP contribution in [0.4, 0.5) is 5.95 Å². The third-order valence-corrected chi connectivity index (χ3v) is 6.07. The van der Waals surface area contributed by atoms with Crippen LogP contribution in [0.5, 0.6) is 0 Å². The van der Waals surface area contributed by atoms with Crippen molar-refractivity contribution in [1.82, 2.24) is 15.3 Å². The van der Waals surface area contributed by atoms with Crippen molar-refractivity contribution < 1.29 is 9.53 Å². The maximum atomic E-state index is 12.5. The summed E-state index contributed by atoms with van der Waals surface area (Å²) in [6.07, 6.45) is 5.72. The molecule has 138 valence electrons. The number of aromatic nitrogens is 2. The van der Waals surface area contributed by atoms with Crippen molar-refractivity contribution in [2.24, 2.45) is 0 Å². The second-order valence-electron chi connectivity index (χ2n) is 6.86. The number of carbonyl (C=O) groups is 1. The molecule has 0 radical (unpaired) electrons. The molecule has 1 atom stereocenters. The molecule has 0 aliphatic carbocycles. The van der Waals surface area contributed by atoms with Gasteiger partial charge in [-0.1, -0.05) is 6.92 Å². The zero-order chi connectivity index (χ0) is 17.9. The van der Waals surface area contributed by atoms with E-state index >= 15 is 0 Å². The molecule has 0 bridgehead atoms. The van der Waals surface area contributed by atoms with Gasteiger partial charge in [-0.15, -0.1) is 11.3 Å². The summed E-state index contributed by atoms with van der Waals surface area (Å²) < 4.78 is 5.45. The van der Waals surface area contributed by atoms with Crippen LogP contribution in [0, 0.1) is 0 Å². The van der Waals surface area contributed by atoms with E-state index in [0.29, 0.717) is 6.61 Å². The number of piperidine rings is 1. The SMILES string of the molecule is CCc1cc(C(=O)N[C@@H]2CCCN(c3ncc4c(n3)CCOC4)C2)cs1. The third kappa shape index (κ3) is 3.73. The van der Waals surface area contributed by atoms with Crippen molar-refractivity contribution in [3.63, 3.8) is 0 Å². The van der Waals surface area contributed by atoms with Crippen LogP contribution in [0.3, 0.4) is 0 Å². The fourth-order valence-corrected chi connectivity index (χ4v) is 4.32. The Morgan fingerprint density at radius 3 is 3.27 bits per heavy atom. The van der Waals surface area contributed by atoms with E-state index in [1.807, 2.05) is 17.6 Å². The Morgan fingerprint density at radius 1 is 1.50 bits per heavy atom. The van der Waals surface area contributed by atoms with Gasteiger partial charge in [-0.2, -0.15) is 0 Å². The molecule has 2 aliphatic rings. The molecular formula is C19H24N4O2S. The first-order valence-electron chi connectivity index (χ1n) is 9.28. The zero-order valence-corrected chi connectivity index (χ0v) is 15.8. The summed E-state index contributed by atoms with van der Waals surface area (Å²) in [4.78, 5) is 25.2. The molecule has 2 aliphatic heterocycles. The molecule has 0 saturated carbocycles. The summed E-state index contributed by atoms with van der Waals surface area (Å²) in [6, 6.07) is 2.12. The average molecular weight is 372 g/mol. The van der Waals surface area contributed by atoms with E-state index in [0.717, 1.165) is 68.1 Å². The summed E-state index contributed by atoms with van der Waals surface area (Å²) >= 11 is 1.65. The van der Waals surface area contributed by atoms with Gasteiger partial charge >= 0.3 is 0 Å². The second kappa shape index (κ2) is 7.72. The first kappa shape index (κ1) is 17.4. The highest BCUT2D eigenvalue weighted by Gasteiger charge is 2.25. The van der Waals surface area contributed by atoms with Gasteiger partial charge in [0, 0.05) is 47.6 Å². The fourth-order valence-electron chi connectivity index (χ4n) is 3.50. The lowest BCUT2D eigenvalue weighted by Gasteiger charge is -2.33. The summed E-state index contributed by atoms with van der Waals surface area (Å²) in [5, 5.41) is 5.13. The molecule has 0 spiro atoms. The summed E-state index contributed by atoms with van der Waals surface area (Å²) in [6.45, 7) is 5.13. The van der Waals surface area contributed by atoms with Crippen LogP contribution >= 0.6 is 11.3 Å². The van der Waals surface area contributed by atoms with E-state index in [2.05, 4.69) is 22.1 Å². The van der Waals surface area contributed by atoms with Crippen LogP contribution in [0.25, 0.3) is 0 Å². The highest BCUT2D eigenvalue weighted by molar-refractivity contribution is 7.10. The van der Waals surface area contributed by atoms with Gasteiger partial charge in [-0.05, 0) is 25.3 Å². The van der Waals surface area contributed by atoms with E-state index in [1.165, 1.54) is 4.88 Å². The Kier molecular flexibility index (Phi) is 5.17. The lowest BCUT2D eigenvalue weighted by molar-refractivity contribution is 0.0933. The van der Waals surface area contributed by atoms with Crippen LogP contribution < -0.4 is 10.2 Å². The molecule has 0 aromatic carbocycles. The number of hydrogen-bond acceptors (Lipinski definition) is 6. The molecule has 6 nitrogen and oxygen atoms in total. The second-order valence-corrected chi connectivity index (χ2v) is 7.85. The van der Waals surface area contributed by atoms with E-state index in [1.54, 1.807) is 11.3 Å². The van der Waals surface area contributed by atoms with Crippen molar-refractivity contribution >= 4 is 23.2 Å². The Bertz CT molecular complexity index is 792. The quantitative estimate of drug-likeness (QED) is 0.893. The number of ether oxygens (including phenoxy) is 1. The molecule has 4 rings (SSSR count). The van der Waals surface area contributed by atoms with E-state index in [9.17, 15) is 4.79 Å². The molecular weight excluding hydrogens is 348 g/mol. The molecule has 2 aromatic heterocycles. The number of nitrogens with zero attached hydrogens (tertiary/aromatic N) is 3. The van der Waals surface area contributed by atoms with Crippen molar-refractivity contribution in [2.45, 2.75) is 45.3 Å². The van der Waals surface area contributed by atoms with Crippen LogP contribution in [0.1, 0.15) is 46.3 Å². The van der Waals surface area contributed by atoms with Gasteiger partial charge < -0.3 is 15.0 Å². The van der Waals surface area contributed by atoms with Gasteiger partial charge in [0.25, 0.3) is 5.91 Å². The minimum absolute atomic E-state index is 0.0244. The number of nitrogens with one attached hydrogen (secondary N) is 1. The highest BCUT2D eigenvalue weighted by atomic mass is 32.1. The van der Waals surface area contributed by atoms with Gasteiger partial charge in [-0.25, -0.2) is 9.97 Å². The number of aryl methyl sites for hydroxylation is 1. The molecule has 4 heterocycles. The Balaban J connectivity index is 1.41. The van der Waals surface area contributed by atoms with Crippen molar-refractivity contribution in [2.75, 3.05) is 24.6 Å². The number of anilines is 1. The normalized spacial score (nSPS) is 19.9. The van der Waals surface area contributed by atoms with E-state index < -0.39 is 0 Å². The van der Waals surface area contributed by atoms with Crippen molar-refractivity contribution in [1.29, 1.82) is 0 Å². The first-order valence-corrected chi connectivity index (χ1v) is 10.2. The largest absolute Gasteiger partial charge is 0.376 e. The van der Waals surface area contributed by atoms with Gasteiger partial charge in [-0.3, -0.25) is 4.79 Å². The number of fused-ring (bicyclic) bond motifs is 1. The molecule has 7 heteroatoms. The van der Waals surface area contributed by atoms with Crippen LogP contribution in [0.15, 0.2) is 17.6 Å². The zero-order valence-electron chi connectivity index (χ0n) is 15.0. The van der Waals surface area contributed by atoms with Gasteiger partial charge in [0.1, 0.15) is 0 Å². The molecule has 1 amide bonds. The van der Waals surface area contributed by atoms with Crippen LogP contribution in [0.2, 0.25) is 0 Å².